The summed E-state index contributed by atoms with van der Waals surface area (Å²) in [5.74, 6) is -0.265. The second-order valence-electron chi connectivity index (χ2n) is 5.92. The van der Waals surface area contributed by atoms with E-state index in [9.17, 15) is 9.59 Å². The number of nitrogens with zero attached hydrogens (tertiary/aromatic N) is 1. The molecule has 0 aliphatic carbocycles. The van der Waals surface area contributed by atoms with Gasteiger partial charge in [0.1, 0.15) is 6.61 Å². The molecule has 1 aliphatic rings. The number of ether oxygens (including phenoxy) is 2. The largest absolute Gasteiger partial charge is 0.490 e. The molecule has 2 aromatic rings. The molecule has 9 heteroatoms. The predicted octanol–water partition coefficient (Wildman–Crippen LogP) is 3.90. The van der Waals surface area contributed by atoms with E-state index < -0.39 is 5.97 Å². The van der Waals surface area contributed by atoms with Gasteiger partial charge in [0.2, 0.25) is 0 Å². The summed E-state index contributed by atoms with van der Waals surface area (Å²) in [5, 5.41) is 9.35. The van der Waals surface area contributed by atoms with Crippen molar-refractivity contribution in [3.8, 4) is 11.5 Å². The number of benzene rings is 2. The highest BCUT2D eigenvalue weighted by Crippen LogP contribution is 2.36. The van der Waals surface area contributed by atoms with Crippen molar-refractivity contribution in [1.82, 2.24) is 0 Å². The van der Waals surface area contributed by atoms with E-state index in [0.29, 0.717) is 23.0 Å². The molecule has 0 bridgehead atoms. The van der Waals surface area contributed by atoms with Crippen LogP contribution in [-0.2, 0) is 11.4 Å². The number of halogens is 1. The Morgan fingerprint density at radius 3 is 2.76 bits per heavy atom. The molecular formula is C20H17IN2O5S. The summed E-state index contributed by atoms with van der Waals surface area (Å²) in [5.41, 5.74) is 7.29. The summed E-state index contributed by atoms with van der Waals surface area (Å²) in [6.45, 7) is 2.49. The van der Waals surface area contributed by atoms with Gasteiger partial charge in [-0.05, 0) is 82.7 Å². The first-order chi connectivity index (χ1) is 13.9. The van der Waals surface area contributed by atoms with Crippen molar-refractivity contribution in [2.24, 2.45) is 10.7 Å². The Kier molecular flexibility index (Phi) is 6.80. The number of thioether (sulfide) groups is 1. The minimum absolute atomic E-state index is 0.191. The van der Waals surface area contributed by atoms with Gasteiger partial charge in [-0.1, -0.05) is 12.1 Å². The molecule has 2 aromatic carbocycles. The van der Waals surface area contributed by atoms with Crippen molar-refractivity contribution in [3.63, 3.8) is 0 Å². The molecule has 7 nitrogen and oxygen atoms in total. The van der Waals surface area contributed by atoms with Crippen LogP contribution in [0.2, 0.25) is 0 Å². The maximum absolute atomic E-state index is 11.8. The van der Waals surface area contributed by atoms with Crippen LogP contribution in [-0.4, -0.2) is 28.8 Å². The van der Waals surface area contributed by atoms with Gasteiger partial charge in [0, 0.05) is 0 Å². The van der Waals surface area contributed by atoms with Gasteiger partial charge in [-0.25, -0.2) is 4.79 Å². The van der Waals surface area contributed by atoms with E-state index in [1.165, 1.54) is 6.07 Å². The highest BCUT2D eigenvalue weighted by atomic mass is 127. The van der Waals surface area contributed by atoms with Crippen LogP contribution in [0.25, 0.3) is 6.08 Å². The van der Waals surface area contributed by atoms with Gasteiger partial charge < -0.3 is 20.3 Å². The third kappa shape index (κ3) is 5.30. The zero-order valence-corrected chi connectivity index (χ0v) is 18.3. The summed E-state index contributed by atoms with van der Waals surface area (Å²) in [6.07, 6.45) is 1.71. The number of rotatable bonds is 7. The molecule has 1 heterocycles. The molecule has 0 spiro atoms. The molecule has 0 unspecified atom stereocenters. The highest BCUT2D eigenvalue weighted by molar-refractivity contribution is 14.1. The Morgan fingerprint density at radius 1 is 1.31 bits per heavy atom. The van der Waals surface area contributed by atoms with Crippen molar-refractivity contribution in [2.45, 2.75) is 13.5 Å². The number of hydrogen-bond donors (Lipinski definition) is 2. The molecular weight excluding hydrogens is 507 g/mol. The summed E-state index contributed by atoms with van der Waals surface area (Å²) in [4.78, 5) is 27.1. The quantitative estimate of drug-likeness (QED) is 0.418. The van der Waals surface area contributed by atoms with E-state index in [1.54, 1.807) is 30.3 Å². The van der Waals surface area contributed by atoms with Gasteiger partial charge in [0.05, 0.1) is 20.6 Å². The van der Waals surface area contributed by atoms with Gasteiger partial charge in [0.25, 0.3) is 5.91 Å². The topological polar surface area (TPSA) is 111 Å². The van der Waals surface area contributed by atoms with Gasteiger partial charge in [-0.15, -0.1) is 0 Å². The summed E-state index contributed by atoms with van der Waals surface area (Å²) in [7, 11) is 0. The Labute approximate surface area is 185 Å². The molecule has 0 saturated carbocycles. The van der Waals surface area contributed by atoms with E-state index >= 15 is 0 Å². The van der Waals surface area contributed by atoms with Crippen molar-refractivity contribution in [2.75, 3.05) is 6.61 Å². The molecule has 3 N–H and O–H groups in total. The van der Waals surface area contributed by atoms with Crippen molar-refractivity contribution >= 4 is 57.5 Å². The van der Waals surface area contributed by atoms with Crippen LogP contribution in [0.4, 0.5) is 0 Å². The number of carboxylic acid groups (broad SMARTS) is 1. The molecule has 1 amide bonds. The average Bonchev–Trinajstić information content (AvgIpc) is 2.98. The smallest absolute Gasteiger partial charge is 0.335 e. The highest BCUT2D eigenvalue weighted by Gasteiger charge is 2.20. The predicted molar refractivity (Wildman–Crippen MR) is 120 cm³/mol. The Bertz CT molecular complexity index is 1040. The van der Waals surface area contributed by atoms with Gasteiger partial charge >= 0.3 is 5.97 Å². The molecule has 29 heavy (non-hydrogen) atoms. The molecule has 150 valence electrons. The minimum atomic E-state index is -0.988. The fraction of sp³-hybridized carbons (Fsp3) is 0.150. The van der Waals surface area contributed by atoms with E-state index in [1.807, 2.05) is 13.0 Å². The molecule has 0 atom stereocenters. The van der Waals surface area contributed by atoms with Crippen LogP contribution in [0.1, 0.15) is 28.4 Å². The molecule has 0 fully saturated rings. The fourth-order valence-corrected chi connectivity index (χ4v) is 4.06. The summed E-state index contributed by atoms with van der Waals surface area (Å²) >= 11 is 3.26. The Balaban J connectivity index is 1.85. The SMILES string of the molecule is CCOc1cc(C=C2SC(N)=NC2=O)cc(I)c1OCc1cccc(C(=O)O)c1. The average molecular weight is 524 g/mol. The van der Waals surface area contributed by atoms with E-state index in [2.05, 4.69) is 27.6 Å². The summed E-state index contributed by atoms with van der Waals surface area (Å²) in [6, 6.07) is 10.2. The minimum Gasteiger partial charge on any atom is -0.490 e. The maximum Gasteiger partial charge on any atom is 0.335 e. The molecule has 0 radical (unpaired) electrons. The van der Waals surface area contributed by atoms with Crippen LogP contribution < -0.4 is 15.2 Å². The summed E-state index contributed by atoms with van der Waals surface area (Å²) < 4.78 is 12.5. The number of carbonyl (C=O) groups is 2. The van der Waals surface area contributed by atoms with Gasteiger partial charge in [-0.2, -0.15) is 4.99 Å². The third-order valence-electron chi connectivity index (χ3n) is 3.82. The number of amides is 1. The number of amidine groups is 1. The van der Waals surface area contributed by atoms with E-state index in [0.717, 1.165) is 26.5 Å². The van der Waals surface area contributed by atoms with Crippen molar-refractivity contribution < 1.29 is 24.2 Å². The van der Waals surface area contributed by atoms with Crippen molar-refractivity contribution in [1.29, 1.82) is 0 Å². The third-order valence-corrected chi connectivity index (χ3v) is 5.44. The normalized spacial score (nSPS) is 14.8. The lowest BCUT2D eigenvalue weighted by Crippen LogP contribution is -2.03. The zero-order chi connectivity index (χ0) is 21.0. The number of carboxylic acids is 1. The lowest BCUT2D eigenvalue weighted by Gasteiger charge is -2.15. The Morgan fingerprint density at radius 2 is 2.10 bits per heavy atom. The van der Waals surface area contributed by atoms with Crippen LogP contribution >= 0.6 is 34.4 Å². The van der Waals surface area contributed by atoms with E-state index in [-0.39, 0.29) is 23.2 Å². The lowest BCUT2D eigenvalue weighted by molar-refractivity contribution is -0.113. The molecule has 3 rings (SSSR count). The first kappa shape index (κ1) is 21.2. The van der Waals surface area contributed by atoms with Crippen LogP contribution in [0.5, 0.6) is 11.5 Å². The fourth-order valence-electron chi connectivity index (χ4n) is 2.60. The second-order valence-corrected chi connectivity index (χ2v) is 8.15. The number of aromatic carboxylic acids is 1. The zero-order valence-electron chi connectivity index (χ0n) is 15.3. The van der Waals surface area contributed by atoms with Crippen LogP contribution in [0.15, 0.2) is 46.3 Å². The first-order valence-corrected chi connectivity index (χ1v) is 10.5. The standard InChI is InChI=1S/C20H17IN2O5S/c1-2-27-15-8-12(9-16-18(24)23-20(22)29-16)7-14(21)17(15)28-10-11-4-3-5-13(6-11)19(25)26/h3-9H,2,10H2,1H3,(H,25,26)(H2,22,23,24). The van der Waals surface area contributed by atoms with Crippen molar-refractivity contribution in [3.05, 3.63) is 61.6 Å². The number of carbonyl (C=O) groups excluding carboxylic acids is 1. The lowest BCUT2D eigenvalue weighted by atomic mass is 10.1. The van der Waals surface area contributed by atoms with Gasteiger partial charge in [0.15, 0.2) is 16.7 Å². The second kappa shape index (κ2) is 9.31. The first-order valence-electron chi connectivity index (χ1n) is 8.56. The Hall–Kier alpha value is -2.53. The number of aliphatic imine (C=N–C) groups is 1. The van der Waals surface area contributed by atoms with Gasteiger partial charge in [-0.3, -0.25) is 4.79 Å². The maximum atomic E-state index is 11.8. The molecule has 1 aliphatic heterocycles. The van der Waals surface area contributed by atoms with Crippen LogP contribution in [0.3, 0.4) is 0 Å². The number of hydrogen-bond acceptors (Lipinski definition) is 6. The molecule has 0 saturated heterocycles. The van der Waals surface area contributed by atoms with E-state index in [4.69, 9.17) is 20.3 Å². The van der Waals surface area contributed by atoms with Crippen LogP contribution in [0, 0.1) is 3.57 Å². The number of nitrogens with two attached hydrogens (primary N) is 1. The molecule has 0 aromatic heterocycles. The monoisotopic (exact) mass is 524 g/mol.